The Morgan fingerprint density at radius 3 is 2.12 bits per heavy atom. The van der Waals surface area contributed by atoms with Crippen molar-refractivity contribution in [2.24, 2.45) is 0 Å². The van der Waals surface area contributed by atoms with Crippen LogP contribution in [0.25, 0.3) is 0 Å². The van der Waals surface area contributed by atoms with Gasteiger partial charge in [0.1, 0.15) is 5.69 Å². The molecule has 25 heavy (non-hydrogen) atoms. The van der Waals surface area contributed by atoms with Gasteiger partial charge >= 0.3 is 0 Å². The van der Waals surface area contributed by atoms with Gasteiger partial charge in [-0.2, -0.15) is 0 Å². The third-order valence-corrected chi connectivity index (χ3v) is 3.68. The number of rotatable bonds is 6. The van der Waals surface area contributed by atoms with E-state index < -0.39 is 0 Å². The molecule has 0 unspecified atom stereocenters. The van der Waals surface area contributed by atoms with Gasteiger partial charge in [0, 0.05) is 18.8 Å². The first-order valence-corrected chi connectivity index (χ1v) is 8.16. The van der Waals surface area contributed by atoms with Gasteiger partial charge in [-0.25, -0.2) is 9.97 Å². The van der Waals surface area contributed by atoms with Crippen LogP contribution in [0.4, 0.5) is 5.95 Å². The summed E-state index contributed by atoms with van der Waals surface area (Å²) in [6, 6.07) is 21.5. The van der Waals surface area contributed by atoms with Crippen LogP contribution in [-0.4, -0.2) is 15.9 Å². The molecule has 0 radical (unpaired) electrons. The molecular weight excluding hydrogens is 312 g/mol. The zero-order valence-electron chi connectivity index (χ0n) is 14.1. The summed E-state index contributed by atoms with van der Waals surface area (Å²) in [7, 11) is 0. The quantitative estimate of drug-likeness (QED) is 0.726. The molecule has 3 rings (SSSR count). The number of benzene rings is 2. The highest BCUT2D eigenvalue weighted by Crippen LogP contribution is 2.08. The molecule has 0 bridgehead atoms. The lowest BCUT2D eigenvalue weighted by Gasteiger charge is -2.09. The number of amides is 1. The molecule has 1 amide bonds. The second kappa shape index (κ2) is 8.06. The maximum absolute atomic E-state index is 12.4. The average molecular weight is 332 g/mol. The molecule has 0 saturated heterocycles. The number of carbonyl (C=O) groups excluding carboxylic acids is 1. The normalized spacial score (nSPS) is 10.3. The molecule has 1 aromatic heterocycles. The third-order valence-electron chi connectivity index (χ3n) is 3.68. The van der Waals surface area contributed by atoms with Gasteiger partial charge in [-0.15, -0.1) is 0 Å². The predicted octanol–water partition coefficient (Wildman–Crippen LogP) is 3.33. The third kappa shape index (κ3) is 4.88. The van der Waals surface area contributed by atoms with E-state index in [0.29, 0.717) is 24.7 Å². The number of nitrogens with zero attached hydrogens (tertiary/aromatic N) is 2. The SMILES string of the molecule is Cc1cc(C(=O)NCc2ccccc2)nc(NCc2ccccc2)n1. The summed E-state index contributed by atoms with van der Waals surface area (Å²) in [6.45, 7) is 2.92. The molecule has 1 heterocycles. The molecule has 0 saturated carbocycles. The van der Waals surface area contributed by atoms with Crippen molar-refractivity contribution in [3.8, 4) is 0 Å². The number of carbonyl (C=O) groups is 1. The molecular formula is C20H20N4O. The summed E-state index contributed by atoms with van der Waals surface area (Å²) in [5, 5.41) is 6.06. The zero-order valence-corrected chi connectivity index (χ0v) is 14.1. The van der Waals surface area contributed by atoms with Crippen LogP contribution in [0.15, 0.2) is 66.7 Å². The molecule has 5 heteroatoms. The fourth-order valence-corrected chi connectivity index (χ4v) is 2.41. The number of aromatic nitrogens is 2. The van der Waals surface area contributed by atoms with Crippen LogP contribution < -0.4 is 10.6 Å². The molecule has 2 aromatic carbocycles. The summed E-state index contributed by atoms with van der Waals surface area (Å²) in [4.78, 5) is 21.0. The fourth-order valence-electron chi connectivity index (χ4n) is 2.41. The van der Waals surface area contributed by atoms with Gasteiger partial charge in [0.25, 0.3) is 5.91 Å². The molecule has 0 atom stereocenters. The molecule has 126 valence electrons. The smallest absolute Gasteiger partial charge is 0.270 e. The van der Waals surface area contributed by atoms with Crippen molar-refractivity contribution in [1.29, 1.82) is 0 Å². The first-order valence-electron chi connectivity index (χ1n) is 8.16. The number of nitrogens with one attached hydrogen (secondary N) is 2. The van der Waals surface area contributed by atoms with Crippen LogP contribution in [0.1, 0.15) is 27.3 Å². The summed E-state index contributed by atoms with van der Waals surface area (Å²) < 4.78 is 0. The minimum Gasteiger partial charge on any atom is -0.350 e. The number of hydrogen-bond acceptors (Lipinski definition) is 4. The molecule has 0 spiro atoms. The Labute approximate surface area is 147 Å². The van der Waals surface area contributed by atoms with Crippen molar-refractivity contribution in [1.82, 2.24) is 15.3 Å². The largest absolute Gasteiger partial charge is 0.350 e. The standard InChI is InChI=1S/C20H20N4O/c1-15-12-18(19(25)21-13-16-8-4-2-5-9-16)24-20(23-15)22-14-17-10-6-3-7-11-17/h2-12H,13-14H2,1H3,(H,21,25)(H,22,23,24). The van der Waals surface area contributed by atoms with Gasteiger partial charge in [0.05, 0.1) is 0 Å². The zero-order chi connectivity index (χ0) is 17.5. The van der Waals surface area contributed by atoms with Crippen LogP contribution >= 0.6 is 0 Å². The molecule has 0 aliphatic rings. The highest BCUT2D eigenvalue weighted by atomic mass is 16.1. The van der Waals surface area contributed by atoms with Gasteiger partial charge in [-0.1, -0.05) is 60.7 Å². The van der Waals surface area contributed by atoms with E-state index in [1.807, 2.05) is 67.6 Å². The van der Waals surface area contributed by atoms with Crippen molar-refractivity contribution in [2.45, 2.75) is 20.0 Å². The van der Waals surface area contributed by atoms with E-state index in [2.05, 4.69) is 20.6 Å². The molecule has 0 fully saturated rings. The average Bonchev–Trinajstić information content (AvgIpc) is 2.66. The highest BCUT2D eigenvalue weighted by molar-refractivity contribution is 5.92. The lowest BCUT2D eigenvalue weighted by atomic mass is 10.2. The number of aryl methyl sites for hydroxylation is 1. The Bertz CT molecular complexity index is 835. The van der Waals surface area contributed by atoms with Crippen molar-refractivity contribution < 1.29 is 4.79 Å². The van der Waals surface area contributed by atoms with E-state index in [0.717, 1.165) is 16.8 Å². The Morgan fingerprint density at radius 1 is 0.880 bits per heavy atom. The van der Waals surface area contributed by atoms with E-state index >= 15 is 0 Å². The molecule has 3 aromatic rings. The van der Waals surface area contributed by atoms with Gasteiger partial charge in [-0.05, 0) is 24.1 Å². The Morgan fingerprint density at radius 2 is 1.48 bits per heavy atom. The van der Waals surface area contributed by atoms with Crippen LogP contribution in [0, 0.1) is 6.92 Å². The topological polar surface area (TPSA) is 66.9 Å². The summed E-state index contributed by atoms with van der Waals surface area (Å²) in [6.07, 6.45) is 0. The Kier molecular flexibility index (Phi) is 5.36. The Hall–Kier alpha value is -3.21. The predicted molar refractivity (Wildman–Crippen MR) is 98.1 cm³/mol. The fraction of sp³-hybridized carbons (Fsp3) is 0.150. The van der Waals surface area contributed by atoms with Gasteiger partial charge in [-0.3, -0.25) is 4.79 Å². The van der Waals surface area contributed by atoms with Gasteiger partial charge < -0.3 is 10.6 Å². The first-order chi connectivity index (χ1) is 12.2. The lowest BCUT2D eigenvalue weighted by Crippen LogP contribution is -2.24. The van der Waals surface area contributed by atoms with Crippen molar-refractivity contribution >= 4 is 11.9 Å². The van der Waals surface area contributed by atoms with Gasteiger partial charge in [0.15, 0.2) is 0 Å². The minimum absolute atomic E-state index is 0.211. The van der Waals surface area contributed by atoms with Crippen LogP contribution in [0.3, 0.4) is 0 Å². The van der Waals surface area contributed by atoms with E-state index in [9.17, 15) is 4.79 Å². The van der Waals surface area contributed by atoms with Crippen molar-refractivity contribution in [3.63, 3.8) is 0 Å². The molecule has 0 aliphatic carbocycles. The summed E-state index contributed by atoms with van der Waals surface area (Å²) >= 11 is 0. The van der Waals surface area contributed by atoms with E-state index in [1.54, 1.807) is 6.07 Å². The second-order valence-electron chi connectivity index (χ2n) is 5.73. The Balaban J connectivity index is 1.65. The second-order valence-corrected chi connectivity index (χ2v) is 5.73. The minimum atomic E-state index is -0.211. The first kappa shape index (κ1) is 16.6. The maximum atomic E-state index is 12.4. The van der Waals surface area contributed by atoms with Gasteiger partial charge in [0.2, 0.25) is 5.95 Å². The molecule has 0 aliphatic heterocycles. The number of anilines is 1. The monoisotopic (exact) mass is 332 g/mol. The van der Waals surface area contributed by atoms with E-state index in [1.165, 1.54) is 0 Å². The summed E-state index contributed by atoms with van der Waals surface area (Å²) in [5.74, 6) is 0.242. The van der Waals surface area contributed by atoms with Crippen molar-refractivity contribution in [3.05, 3.63) is 89.2 Å². The highest BCUT2D eigenvalue weighted by Gasteiger charge is 2.10. The van der Waals surface area contributed by atoms with E-state index in [4.69, 9.17) is 0 Å². The van der Waals surface area contributed by atoms with Crippen molar-refractivity contribution in [2.75, 3.05) is 5.32 Å². The summed E-state index contributed by atoms with van der Waals surface area (Å²) in [5.41, 5.74) is 3.28. The van der Waals surface area contributed by atoms with E-state index in [-0.39, 0.29) is 5.91 Å². The van der Waals surface area contributed by atoms with Crippen LogP contribution in [-0.2, 0) is 13.1 Å². The number of hydrogen-bond donors (Lipinski definition) is 2. The van der Waals surface area contributed by atoms with Crippen LogP contribution in [0.2, 0.25) is 0 Å². The molecule has 2 N–H and O–H groups in total. The maximum Gasteiger partial charge on any atom is 0.270 e. The van der Waals surface area contributed by atoms with Crippen LogP contribution in [0.5, 0.6) is 0 Å². The molecule has 5 nitrogen and oxygen atoms in total. The lowest BCUT2D eigenvalue weighted by molar-refractivity contribution is 0.0945.